The third-order valence-electron chi connectivity index (χ3n) is 3.14. The highest BCUT2D eigenvalue weighted by molar-refractivity contribution is 5.48. The quantitative estimate of drug-likeness (QED) is 0.863. The van der Waals surface area contributed by atoms with Gasteiger partial charge >= 0.3 is 0 Å². The van der Waals surface area contributed by atoms with Crippen LogP contribution in [0.4, 0.5) is 0 Å². The molecule has 0 aliphatic carbocycles. The molecule has 0 saturated heterocycles. The van der Waals surface area contributed by atoms with Gasteiger partial charge in [0.1, 0.15) is 24.2 Å². The molecule has 0 bridgehead atoms. The van der Waals surface area contributed by atoms with Gasteiger partial charge in [-0.15, -0.1) is 0 Å². The second-order valence-corrected chi connectivity index (χ2v) is 4.45. The summed E-state index contributed by atoms with van der Waals surface area (Å²) < 4.78 is 21.4. The van der Waals surface area contributed by atoms with Gasteiger partial charge in [0.2, 0.25) is 6.79 Å². The van der Waals surface area contributed by atoms with E-state index in [9.17, 15) is 0 Å². The molecular weight excluding hydrogens is 270 g/mol. The molecule has 0 spiro atoms. The predicted molar refractivity (Wildman–Crippen MR) is 74.6 cm³/mol. The standard InChI is InChI=1S/C16H13NO4/c1-18-13-4-3-12(8-17)15(7-13)19-9-11-2-5-14-16(6-11)21-10-20-14/h2-7H,9-10H2,1H3. The van der Waals surface area contributed by atoms with Crippen LogP contribution in [0.5, 0.6) is 23.0 Å². The molecule has 106 valence electrons. The van der Waals surface area contributed by atoms with E-state index in [2.05, 4.69) is 6.07 Å². The fourth-order valence-electron chi connectivity index (χ4n) is 2.03. The Labute approximate surface area is 122 Å². The maximum Gasteiger partial charge on any atom is 0.231 e. The number of methoxy groups -OCH3 is 1. The SMILES string of the molecule is COc1ccc(C#N)c(OCc2ccc3c(c2)OCO3)c1. The van der Waals surface area contributed by atoms with Crippen molar-refractivity contribution >= 4 is 0 Å². The van der Waals surface area contributed by atoms with E-state index in [1.54, 1.807) is 25.3 Å². The Hall–Kier alpha value is -2.87. The summed E-state index contributed by atoms with van der Waals surface area (Å²) in [5, 5.41) is 9.10. The van der Waals surface area contributed by atoms with Crippen molar-refractivity contribution in [2.24, 2.45) is 0 Å². The molecule has 0 amide bonds. The summed E-state index contributed by atoms with van der Waals surface area (Å²) in [6.07, 6.45) is 0. The van der Waals surface area contributed by atoms with Crippen LogP contribution >= 0.6 is 0 Å². The van der Waals surface area contributed by atoms with E-state index >= 15 is 0 Å². The molecule has 0 unspecified atom stereocenters. The summed E-state index contributed by atoms with van der Waals surface area (Å²) in [6, 6.07) is 12.8. The third kappa shape index (κ3) is 2.70. The van der Waals surface area contributed by atoms with Gasteiger partial charge in [0.25, 0.3) is 0 Å². The number of benzene rings is 2. The lowest BCUT2D eigenvalue weighted by molar-refractivity contribution is 0.174. The Morgan fingerprint density at radius 3 is 2.81 bits per heavy atom. The highest BCUT2D eigenvalue weighted by atomic mass is 16.7. The lowest BCUT2D eigenvalue weighted by Crippen LogP contribution is -1.98. The number of ether oxygens (including phenoxy) is 4. The van der Waals surface area contributed by atoms with Gasteiger partial charge in [0, 0.05) is 6.07 Å². The molecule has 5 nitrogen and oxygen atoms in total. The molecule has 1 aliphatic rings. The molecule has 0 aromatic heterocycles. The molecule has 21 heavy (non-hydrogen) atoms. The Morgan fingerprint density at radius 2 is 2.00 bits per heavy atom. The van der Waals surface area contributed by atoms with Gasteiger partial charge in [0.05, 0.1) is 12.7 Å². The van der Waals surface area contributed by atoms with Gasteiger partial charge in [-0.25, -0.2) is 0 Å². The largest absolute Gasteiger partial charge is 0.497 e. The summed E-state index contributed by atoms with van der Waals surface area (Å²) in [6.45, 7) is 0.576. The van der Waals surface area contributed by atoms with Gasteiger partial charge in [0.15, 0.2) is 11.5 Å². The predicted octanol–water partition coefficient (Wildman–Crippen LogP) is 2.87. The average molecular weight is 283 g/mol. The van der Waals surface area contributed by atoms with E-state index in [0.29, 0.717) is 29.4 Å². The van der Waals surface area contributed by atoms with Gasteiger partial charge in [-0.3, -0.25) is 0 Å². The van der Waals surface area contributed by atoms with Gasteiger partial charge in [-0.1, -0.05) is 6.07 Å². The molecule has 0 radical (unpaired) electrons. The highest BCUT2D eigenvalue weighted by Crippen LogP contribution is 2.33. The number of nitriles is 1. The summed E-state index contributed by atoms with van der Waals surface area (Å²) in [7, 11) is 1.57. The van der Waals surface area contributed by atoms with Crippen molar-refractivity contribution in [1.29, 1.82) is 5.26 Å². The zero-order valence-corrected chi connectivity index (χ0v) is 11.5. The number of rotatable bonds is 4. The second kappa shape index (κ2) is 5.63. The molecular formula is C16H13NO4. The molecule has 1 heterocycles. The first-order valence-electron chi connectivity index (χ1n) is 6.39. The van der Waals surface area contributed by atoms with Crippen LogP contribution in [-0.2, 0) is 6.61 Å². The smallest absolute Gasteiger partial charge is 0.231 e. The average Bonchev–Trinajstić information content (AvgIpc) is 3.00. The lowest BCUT2D eigenvalue weighted by atomic mass is 10.2. The minimum atomic E-state index is 0.244. The zero-order chi connectivity index (χ0) is 14.7. The molecule has 0 atom stereocenters. The molecule has 0 fully saturated rings. The third-order valence-corrected chi connectivity index (χ3v) is 3.14. The Kier molecular flexibility index (Phi) is 3.52. The van der Waals surface area contributed by atoms with E-state index in [4.69, 9.17) is 24.2 Å². The minimum Gasteiger partial charge on any atom is -0.497 e. The van der Waals surface area contributed by atoms with Crippen molar-refractivity contribution in [1.82, 2.24) is 0 Å². The van der Waals surface area contributed by atoms with Crippen LogP contribution < -0.4 is 18.9 Å². The van der Waals surface area contributed by atoms with Crippen LogP contribution in [0.3, 0.4) is 0 Å². The molecule has 3 rings (SSSR count). The van der Waals surface area contributed by atoms with E-state index < -0.39 is 0 Å². The monoisotopic (exact) mass is 283 g/mol. The molecule has 1 aliphatic heterocycles. The first-order chi connectivity index (χ1) is 10.3. The van der Waals surface area contributed by atoms with Crippen LogP contribution in [0.15, 0.2) is 36.4 Å². The van der Waals surface area contributed by atoms with Crippen LogP contribution in [0, 0.1) is 11.3 Å². The van der Waals surface area contributed by atoms with Gasteiger partial charge in [-0.2, -0.15) is 5.26 Å². The van der Waals surface area contributed by atoms with E-state index in [-0.39, 0.29) is 6.79 Å². The summed E-state index contributed by atoms with van der Waals surface area (Å²) in [4.78, 5) is 0. The van der Waals surface area contributed by atoms with Crippen molar-refractivity contribution < 1.29 is 18.9 Å². The highest BCUT2D eigenvalue weighted by Gasteiger charge is 2.13. The Balaban J connectivity index is 1.77. The first kappa shape index (κ1) is 13.1. The van der Waals surface area contributed by atoms with Crippen LogP contribution in [-0.4, -0.2) is 13.9 Å². The Morgan fingerprint density at radius 1 is 1.14 bits per heavy atom. The van der Waals surface area contributed by atoms with Crippen molar-refractivity contribution in [3.05, 3.63) is 47.5 Å². The van der Waals surface area contributed by atoms with Crippen LogP contribution in [0.2, 0.25) is 0 Å². The molecule has 2 aromatic rings. The second-order valence-electron chi connectivity index (χ2n) is 4.45. The Bertz CT molecular complexity index is 706. The molecule has 0 N–H and O–H groups in total. The molecule has 0 saturated carbocycles. The number of hydrogen-bond acceptors (Lipinski definition) is 5. The van der Waals surface area contributed by atoms with E-state index in [1.165, 1.54) is 0 Å². The van der Waals surface area contributed by atoms with Crippen LogP contribution in [0.25, 0.3) is 0 Å². The first-order valence-corrected chi connectivity index (χ1v) is 6.39. The molecule has 2 aromatic carbocycles. The zero-order valence-electron chi connectivity index (χ0n) is 11.5. The molecule has 5 heteroatoms. The normalized spacial score (nSPS) is 11.8. The van der Waals surface area contributed by atoms with Crippen molar-refractivity contribution in [2.45, 2.75) is 6.61 Å². The maximum absolute atomic E-state index is 9.10. The lowest BCUT2D eigenvalue weighted by Gasteiger charge is -2.10. The van der Waals surface area contributed by atoms with Crippen LogP contribution in [0.1, 0.15) is 11.1 Å². The number of fused-ring (bicyclic) bond motifs is 1. The minimum absolute atomic E-state index is 0.244. The topological polar surface area (TPSA) is 60.7 Å². The van der Waals surface area contributed by atoms with Crippen molar-refractivity contribution in [2.75, 3.05) is 13.9 Å². The summed E-state index contributed by atoms with van der Waals surface area (Å²) >= 11 is 0. The maximum atomic E-state index is 9.10. The fourth-order valence-corrected chi connectivity index (χ4v) is 2.03. The number of hydrogen-bond donors (Lipinski definition) is 0. The van der Waals surface area contributed by atoms with Crippen molar-refractivity contribution in [3.8, 4) is 29.1 Å². The summed E-state index contributed by atoms with van der Waals surface area (Å²) in [5.41, 5.74) is 1.41. The van der Waals surface area contributed by atoms with E-state index in [0.717, 1.165) is 11.3 Å². The van der Waals surface area contributed by atoms with Gasteiger partial charge < -0.3 is 18.9 Å². The van der Waals surface area contributed by atoms with E-state index in [1.807, 2.05) is 18.2 Å². The van der Waals surface area contributed by atoms with Crippen molar-refractivity contribution in [3.63, 3.8) is 0 Å². The van der Waals surface area contributed by atoms with Gasteiger partial charge in [-0.05, 0) is 29.8 Å². The fraction of sp³-hybridized carbons (Fsp3) is 0.188. The summed E-state index contributed by atoms with van der Waals surface area (Å²) in [5.74, 6) is 2.59. The number of nitrogens with zero attached hydrogens (tertiary/aromatic N) is 1.